The maximum Gasteiger partial charge on any atom is 0.223 e. The van der Waals surface area contributed by atoms with Gasteiger partial charge in [-0.1, -0.05) is 66.7 Å². The van der Waals surface area contributed by atoms with Crippen LogP contribution >= 0.6 is 11.3 Å². The van der Waals surface area contributed by atoms with Crippen molar-refractivity contribution in [2.75, 3.05) is 7.05 Å². The van der Waals surface area contributed by atoms with E-state index >= 15 is 0 Å². The molecule has 3 aromatic carbocycles. The van der Waals surface area contributed by atoms with Gasteiger partial charge in [-0.2, -0.15) is 0 Å². The molecule has 0 saturated carbocycles. The molecule has 1 amide bonds. The first-order valence-electron chi connectivity index (χ1n) is 10.8. The number of carbonyl (C=O) groups excluding carboxylic acids is 1. The van der Waals surface area contributed by atoms with E-state index in [1.807, 2.05) is 18.0 Å². The molecule has 4 aromatic rings. The van der Waals surface area contributed by atoms with Crippen LogP contribution in [-0.2, 0) is 11.2 Å². The first-order chi connectivity index (χ1) is 15.6. The summed E-state index contributed by atoms with van der Waals surface area (Å²) in [5.41, 5.74) is 4.45. The van der Waals surface area contributed by atoms with Crippen LogP contribution in [0.3, 0.4) is 0 Å². The number of likely N-dealkylation sites (N-methyl/N-ethyl adjacent to an activating group) is 1. The zero-order valence-corrected chi connectivity index (χ0v) is 18.7. The second-order valence-electron chi connectivity index (χ2n) is 8.35. The van der Waals surface area contributed by atoms with Gasteiger partial charge in [0.25, 0.3) is 0 Å². The summed E-state index contributed by atoms with van der Waals surface area (Å²) in [6, 6.07) is 29.8. The third-order valence-corrected chi connectivity index (χ3v) is 7.55. The first-order valence-corrected chi connectivity index (χ1v) is 11.7. The van der Waals surface area contributed by atoms with Gasteiger partial charge in [-0.15, -0.1) is 11.3 Å². The fourth-order valence-electron chi connectivity index (χ4n) is 4.56. The van der Waals surface area contributed by atoms with E-state index in [2.05, 4.69) is 60.7 Å². The van der Waals surface area contributed by atoms with Crippen LogP contribution in [0.4, 0.5) is 4.39 Å². The molecule has 32 heavy (non-hydrogen) atoms. The fraction of sp³-hybridized carbons (Fsp3) is 0.179. The molecule has 2 nitrogen and oxygen atoms in total. The van der Waals surface area contributed by atoms with Gasteiger partial charge < -0.3 is 4.90 Å². The van der Waals surface area contributed by atoms with Crippen LogP contribution in [0.5, 0.6) is 0 Å². The highest BCUT2D eigenvalue weighted by Crippen LogP contribution is 2.38. The lowest BCUT2D eigenvalue weighted by molar-refractivity contribution is -0.127. The van der Waals surface area contributed by atoms with Crippen LogP contribution in [0.15, 0.2) is 91.0 Å². The standard InChI is InChI=1S/C28H24FNOS/c1-30-26(17-24-15-16-27(32-24)22-5-3-2-4-6-22)25(18-28(30)31)21-9-7-19(8-10-21)20-11-13-23(29)14-12-20/h2-16,25-26H,17-18H2,1H3/t25?,26-/m0/s1. The van der Waals surface area contributed by atoms with Gasteiger partial charge in [0.05, 0.1) is 0 Å². The molecule has 0 aliphatic carbocycles. The van der Waals surface area contributed by atoms with Crippen LogP contribution in [0.1, 0.15) is 22.8 Å². The number of benzene rings is 3. The fourth-order valence-corrected chi connectivity index (χ4v) is 5.62. The second kappa shape index (κ2) is 8.71. The van der Waals surface area contributed by atoms with E-state index < -0.39 is 0 Å². The van der Waals surface area contributed by atoms with Gasteiger partial charge in [-0.25, -0.2) is 4.39 Å². The number of halogens is 1. The minimum atomic E-state index is -0.232. The third-order valence-electron chi connectivity index (χ3n) is 6.40. The van der Waals surface area contributed by atoms with Gasteiger partial charge in [0.1, 0.15) is 5.82 Å². The van der Waals surface area contributed by atoms with Crippen molar-refractivity contribution in [3.05, 3.63) is 107 Å². The molecule has 1 aliphatic rings. The van der Waals surface area contributed by atoms with Crippen molar-refractivity contribution in [1.29, 1.82) is 0 Å². The molecular weight excluding hydrogens is 417 g/mol. The number of thiophene rings is 1. The molecule has 0 spiro atoms. The maximum absolute atomic E-state index is 13.2. The highest BCUT2D eigenvalue weighted by molar-refractivity contribution is 7.15. The maximum atomic E-state index is 13.2. The molecule has 2 atom stereocenters. The molecular formula is C28H24FNOS. The smallest absolute Gasteiger partial charge is 0.223 e. The summed E-state index contributed by atoms with van der Waals surface area (Å²) in [7, 11) is 1.92. The highest BCUT2D eigenvalue weighted by atomic mass is 32.1. The molecule has 1 saturated heterocycles. The van der Waals surface area contributed by atoms with Crippen molar-refractivity contribution in [2.45, 2.75) is 24.8 Å². The van der Waals surface area contributed by atoms with E-state index in [0.717, 1.165) is 17.5 Å². The summed E-state index contributed by atoms with van der Waals surface area (Å²) < 4.78 is 13.2. The normalized spacial score (nSPS) is 18.3. The Morgan fingerprint density at radius 3 is 2.19 bits per heavy atom. The monoisotopic (exact) mass is 441 g/mol. The molecule has 2 heterocycles. The molecule has 1 aromatic heterocycles. The number of rotatable bonds is 5. The van der Waals surface area contributed by atoms with Crippen molar-refractivity contribution in [1.82, 2.24) is 4.90 Å². The van der Waals surface area contributed by atoms with Gasteiger partial charge in [0.15, 0.2) is 0 Å². The number of amides is 1. The number of hydrogen-bond donors (Lipinski definition) is 0. The highest BCUT2D eigenvalue weighted by Gasteiger charge is 2.38. The van der Waals surface area contributed by atoms with Gasteiger partial charge in [0, 0.05) is 41.6 Å². The van der Waals surface area contributed by atoms with Crippen molar-refractivity contribution in [2.24, 2.45) is 0 Å². The summed E-state index contributed by atoms with van der Waals surface area (Å²) in [4.78, 5) is 17.1. The molecule has 160 valence electrons. The van der Waals surface area contributed by atoms with Crippen LogP contribution in [0.25, 0.3) is 21.6 Å². The number of hydrogen-bond acceptors (Lipinski definition) is 2. The van der Waals surface area contributed by atoms with Crippen molar-refractivity contribution < 1.29 is 9.18 Å². The first kappa shape index (κ1) is 20.7. The van der Waals surface area contributed by atoms with Crippen LogP contribution in [0.2, 0.25) is 0 Å². The zero-order chi connectivity index (χ0) is 22.1. The SMILES string of the molecule is CN1C(=O)CC(c2ccc(-c3ccc(F)cc3)cc2)[C@@H]1Cc1ccc(-c2ccccc2)s1. The Morgan fingerprint density at radius 1 is 0.844 bits per heavy atom. The topological polar surface area (TPSA) is 20.3 Å². The molecule has 1 unspecified atom stereocenters. The van der Waals surface area contributed by atoms with Gasteiger partial charge in [-0.05, 0) is 46.5 Å². The molecule has 0 N–H and O–H groups in total. The average molecular weight is 442 g/mol. The zero-order valence-electron chi connectivity index (χ0n) is 17.9. The van der Waals surface area contributed by atoms with E-state index in [-0.39, 0.29) is 23.7 Å². The number of nitrogens with zero attached hydrogens (tertiary/aromatic N) is 1. The summed E-state index contributed by atoms with van der Waals surface area (Å²) >= 11 is 1.81. The molecule has 5 rings (SSSR count). The summed E-state index contributed by atoms with van der Waals surface area (Å²) in [6.07, 6.45) is 1.39. The summed E-state index contributed by atoms with van der Waals surface area (Å²) in [5.74, 6) is 0.129. The Balaban J connectivity index is 1.37. The van der Waals surface area contributed by atoms with Gasteiger partial charge >= 0.3 is 0 Å². The Morgan fingerprint density at radius 2 is 1.50 bits per heavy atom. The largest absolute Gasteiger partial charge is 0.342 e. The van der Waals surface area contributed by atoms with Crippen LogP contribution in [-0.4, -0.2) is 23.9 Å². The lowest BCUT2D eigenvalue weighted by atomic mass is 9.88. The van der Waals surface area contributed by atoms with E-state index in [1.54, 1.807) is 23.5 Å². The van der Waals surface area contributed by atoms with Crippen LogP contribution < -0.4 is 0 Å². The number of carbonyl (C=O) groups is 1. The predicted octanol–water partition coefficient (Wildman–Crippen LogP) is 6.78. The lowest BCUT2D eigenvalue weighted by Gasteiger charge is -2.25. The van der Waals surface area contributed by atoms with Crippen molar-refractivity contribution in [3.63, 3.8) is 0 Å². The Hall–Kier alpha value is -3.24. The van der Waals surface area contributed by atoms with Crippen molar-refractivity contribution in [3.8, 4) is 21.6 Å². The minimum absolute atomic E-state index is 0.140. The van der Waals surface area contributed by atoms with Crippen LogP contribution in [0, 0.1) is 5.82 Å². The second-order valence-corrected chi connectivity index (χ2v) is 9.52. The molecule has 4 heteroatoms. The molecule has 0 bridgehead atoms. The van der Waals surface area contributed by atoms with Gasteiger partial charge in [-0.3, -0.25) is 4.79 Å². The molecule has 1 fully saturated rings. The molecule has 1 aliphatic heterocycles. The number of likely N-dealkylation sites (tertiary alicyclic amines) is 1. The summed E-state index contributed by atoms with van der Waals surface area (Å²) in [5, 5.41) is 0. The predicted molar refractivity (Wildman–Crippen MR) is 129 cm³/mol. The Labute approximate surface area is 192 Å². The van der Waals surface area contributed by atoms with E-state index in [0.29, 0.717) is 6.42 Å². The lowest BCUT2D eigenvalue weighted by Crippen LogP contribution is -2.32. The summed E-state index contributed by atoms with van der Waals surface area (Å²) in [6.45, 7) is 0. The minimum Gasteiger partial charge on any atom is -0.342 e. The van der Waals surface area contributed by atoms with E-state index in [1.165, 1.54) is 33.0 Å². The van der Waals surface area contributed by atoms with Crippen molar-refractivity contribution >= 4 is 17.2 Å². The Kier molecular flexibility index (Phi) is 5.62. The van der Waals surface area contributed by atoms with E-state index in [9.17, 15) is 9.18 Å². The van der Waals surface area contributed by atoms with Gasteiger partial charge in [0.2, 0.25) is 5.91 Å². The molecule has 0 radical (unpaired) electrons. The Bertz CT molecular complexity index is 1210. The average Bonchev–Trinajstić information content (AvgIpc) is 3.41. The quantitative estimate of drug-likeness (QED) is 0.334. The van der Waals surface area contributed by atoms with E-state index in [4.69, 9.17) is 0 Å². The third kappa shape index (κ3) is 4.11.